The smallest absolute Gasteiger partial charge is 0.263 e. The summed E-state index contributed by atoms with van der Waals surface area (Å²) in [6, 6.07) is 0. The topological polar surface area (TPSA) is 23.6 Å². The molecule has 1 unspecified atom stereocenters. The molecule has 0 rings (SSSR count). The van der Waals surface area contributed by atoms with Crippen LogP contribution in [-0.4, -0.2) is 62.3 Å². The molecule has 0 saturated heterocycles. The third-order valence-electron chi connectivity index (χ3n) is 2.93. The minimum Gasteiger partial charge on any atom is -0.309 e. The highest BCUT2D eigenvalue weighted by Crippen LogP contribution is 2.28. The Morgan fingerprint density at radius 2 is 1.75 bits per heavy atom. The van der Waals surface area contributed by atoms with Crippen LogP contribution in [0.4, 0.5) is 8.78 Å². The van der Waals surface area contributed by atoms with E-state index in [1.807, 2.05) is 19.0 Å². The van der Waals surface area contributed by atoms with E-state index < -0.39 is 17.7 Å². The van der Waals surface area contributed by atoms with Crippen LogP contribution in [0.1, 0.15) is 19.8 Å². The third-order valence-corrected chi connectivity index (χ3v) is 2.93. The summed E-state index contributed by atoms with van der Waals surface area (Å²) < 4.78 is 26.2. The largest absolute Gasteiger partial charge is 0.309 e. The Morgan fingerprint density at radius 3 is 2.00 bits per heavy atom. The van der Waals surface area contributed by atoms with Crippen molar-refractivity contribution in [3.63, 3.8) is 0 Å². The normalized spacial score (nSPS) is 15.9. The molecule has 3 nitrogen and oxygen atoms in total. The first-order chi connectivity index (χ1) is 7.25. The zero-order chi connectivity index (χ0) is 12.9. The van der Waals surface area contributed by atoms with E-state index in [9.17, 15) is 13.6 Å². The summed E-state index contributed by atoms with van der Waals surface area (Å²) in [5.74, 6) is -0.466. The van der Waals surface area contributed by atoms with Crippen molar-refractivity contribution < 1.29 is 13.6 Å². The maximum Gasteiger partial charge on any atom is 0.263 e. The lowest BCUT2D eigenvalue weighted by molar-refractivity contribution is -0.139. The first-order valence-corrected chi connectivity index (χ1v) is 5.36. The predicted molar refractivity (Wildman–Crippen MR) is 60.9 cm³/mol. The highest BCUT2D eigenvalue weighted by molar-refractivity contribution is 5.86. The fraction of sp³-hybridized carbons (Fsp3) is 0.909. The molecule has 0 spiro atoms. The van der Waals surface area contributed by atoms with Gasteiger partial charge in [-0.15, -0.1) is 0 Å². The molecule has 0 bridgehead atoms. The van der Waals surface area contributed by atoms with Gasteiger partial charge in [0, 0.05) is 0 Å². The highest BCUT2D eigenvalue weighted by atomic mass is 19.3. The van der Waals surface area contributed by atoms with Crippen LogP contribution in [0.5, 0.6) is 0 Å². The van der Waals surface area contributed by atoms with Crippen molar-refractivity contribution in [1.82, 2.24) is 9.80 Å². The number of rotatable bonds is 7. The molecular weight excluding hydrogens is 214 g/mol. The number of likely N-dealkylation sites (N-methyl/N-ethyl adjacent to an activating group) is 1. The fourth-order valence-corrected chi connectivity index (χ4v) is 1.84. The van der Waals surface area contributed by atoms with Gasteiger partial charge in [0.25, 0.3) is 6.43 Å². The first-order valence-electron chi connectivity index (χ1n) is 5.36. The summed E-state index contributed by atoms with van der Waals surface area (Å²) in [5.41, 5.74) is -1.63. The van der Waals surface area contributed by atoms with E-state index in [0.29, 0.717) is 13.0 Å². The average molecular weight is 236 g/mol. The summed E-state index contributed by atoms with van der Waals surface area (Å²) in [6.45, 7) is 1.94. The molecule has 0 aromatic carbocycles. The van der Waals surface area contributed by atoms with Crippen LogP contribution >= 0.6 is 0 Å². The molecule has 0 fully saturated rings. The van der Waals surface area contributed by atoms with Crippen LogP contribution in [-0.2, 0) is 4.79 Å². The van der Waals surface area contributed by atoms with Crippen LogP contribution < -0.4 is 0 Å². The molecule has 0 amide bonds. The molecule has 0 saturated carbocycles. The average Bonchev–Trinajstić information content (AvgIpc) is 2.09. The SMILES string of the molecule is CC(=O)C(CCCN(C)C)(C(F)F)N(C)C. The second-order valence-electron chi connectivity index (χ2n) is 4.58. The lowest BCUT2D eigenvalue weighted by Crippen LogP contribution is -2.56. The number of alkyl halides is 2. The van der Waals surface area contributed by atoms with Gasteiger partial charge in [-0.3, -0.25) is 9.69 Å². The zero-order valence-corrected chi connectivity index (χ0v) is 10.8. The van der Waals surface area contributed by atoms with Crippen molar-refractivity contribution in [1.29, 1.82) is 0 Å². The van der Waals surface area contributed by atoms with Gasteiger partial charge < -0.3 is 4.90 Å². The molecular formula is C11H22F2N2O. The van der Waals surface area contributed by atoms with Crippen molar-refractivity contribution in [2.45, 2.75) is 31.7 Å². The molecule has 0 aliphatic rings. The molecule has 0 N–H and O–H groups in total. The van der Waals surface area contributed by atoms with E-state index in [4.69, 9.17) is 0 Å². The van der Waals surface area contributed by atoms with Gasteiger partial charge in [0.15, 0.2) is 5.78 Å². The Bertz CT molecular complexity index is 222. The number of halogens is 2. The minimum absolute atomic E-state index is 0.186. The summed E-state index contributed by atoms with van der Waals surface area (Å²) >= 11 is 0. The minimum atomic E-state index is -2.65. The number of hydrogen-bond donors (Lipinski definition) is 0. The van der Waals surface area contributed by atoms with E-state index in [1.54, 1.807) is 0 Å². The lowest BCUT2D eigenvalue weighted by Gasteiger charge is -2.37. The summed E-state index contributed by atoms with van der Waals surface area (Å²) in [7, 11) is 6.83. The van der Waals surface area contributed by atoms with E-state index in [0.717, 1.165) is 0 Å². The molecule has 0 aliphatic heterocycles. The second kappa shape index (κ2) is 6.25. The van der Waals surface area contributed by atoms with Gasteiger partial charge in [0.05, 0.1) is 0 Å². The van der Waals surface area contributed by atoms with Crippen LogP contribution in [0.15, 0.2) is 0 Å². The first kappa shape index (κ1) is 15.4. The molecule has 0 heterocycles. The van der Waals surface area contributed by atoms with Gasteiger partial charge in [-0.05, 0) is 54.5 Å². The molecule has 96 valence electrons. The molecule has 1 atom stereocenters. The molecule has 0 aromatic heterocycles. The van der Waals surface area contributed by atoms with E-state index >= 15 is 0 Å². The number of carbonyl (C=O) groups is 1. The van der Waals surface area contributed by atoms with Crippen molar-refractivity contribution >= 4 is 5.78 Å². The van der Waals surface area contributed by atoms with E-state index in [-0.39, 0.29) is 6.42 Å². The third kappa shape index (κ3) is 3.49. The van der Waals surface area contributed by atoms with Crippen LogP contribution in [0.3, 0.4) is 0 Å². The number of hydrogen-bond acceptors (Lipinski definition) is 3. The van der Waals surface area contributed by atoms with Crippen molar-refractivity contribution in [3.05, 3.63) is 0 Å². The number of Topliss-reactive ketones (excluding diaryl/α,β-unsaturated/α-hetero) is 1. The Kier molecular flexibility index (Phi) is 6.04. The van der Waals surface area contributed by atoms with Crippen LogP contribution in [0.25, 0.3) is 0 Å². The maximum atomic E-state index is 13.1. The quantitative estimate of drug-likeness (QED) is 0.669. The Hall–Kier alpha value is -0.550. The van der Waals surface area contributed by atoms with Gasteiger partial charge in [0.2, 0.25) is 0 Å². The van der Waals surface area contributed by atoms with Crippen LogP contribution in [0, 0.1) is 0 Å². The number of nitrogens with zero attached hydrogens (tertiary/aromatic N) is 2. The van der Waals surface area contributed by atoms with Gasteiger partial charge in [-0.2, -0.15) is 0 Å². The Balaban J connectivity index is 4.71. The van der Waals surface area contributed by atoms with Gasteiger partial charge >= 0.3 is 0 Å². The highest BCUT2D eigenvalue weighted by Gasteiger charge is 2.46. The Morgan fingerprint density at radius 1 is 1.25 bits per heavy atom. The lowest BCUT2D eigenvalue weighted by atomic mass is 9.88. The summed E-state index contributed by atoms with van der Waals surface area (Å²) in [6.07, 6.45) is -1.89. The number of ketones is 1. The van der Waals surface area contributed by atoms with Crippen molar-refractivity contribution in [2.24, 2.45) is 0 Å². The van der Waals surface area contributed by atoms with Crippen molar-refractivity contribution in [3.8, 4) is 0 Å². The zero-order valence-electron chi connectivity index (χ0n) is 10.8. The molecule has 0 radical (unpaired) electrons. The summed E-state index contributed by atoms with van der Waals surface area (Å²) in [5, 5.41) is 0. The second-order valence-corrected chi connectivity index (χ2v) is 4.58. The fourth-order valence-electron chi connectivity index (χ4n) is 1.84. The maximum absolute atomic E-state index is 13.1. The van der Waals surface area contributed by atoms with Crippen LogP contribution in [0.2, 0.25) is 0 Å². The molecule has 0 aromatic rings. The van der Waals surface area contributed by atoms with Gasteiger partial charge in [0.1, 0.15) is 5.54 Å². The standard InChI is InChI=1S/C11H22F2N2O/c1-9(16)11(10(12)13,15(4)5)7-6-8-14(2)3/h10H,6-8H2,1-5H3. The van der Waals surface area contributed by atoms with E-state index in [1.165, 1.54) is 25.9 Å². The Labute approximate surface area is 96.4 Å². The number of carbonyl (C=O) groups excluding carboxylic acids is 1. The monoisotopic (exact) mass is 236 g/mol. The summed E-state index contributed by atoms with van der Waals surface area (Å²) in [4.78, 5) is 14.8. The van der Waals surface area contributed by atoms with Gasteiger partial charge in [-0.25, -0.2) is 8.78 Å². The van der Waals surface area contributed by atoms with E-state index in [2.05, 4.69) is 0 Å². The molecule has 16 heavy (non-hydrogen) atoms. The molecule has 0 aliphatic carbocycles. The molecule has 5 heteroatoms. The van der Waals surface area contributed by atoms with Crippen molar-refractivity contribution in [2.75, 3.05) is 34.7 Å². The predicted octanol–water partition coefficient (Wildman–Crippen LogP) is 1.48. The van der Waals surface area contributed by atoms with Gasteiger partial charge in [-0.1, -0.05) is 0 Å².